The molecule has 3 heterocycles. The Morgan fingerprint density at radius 3 is 2.90 bits per heavy atom. The molecule has 0 spiro atoms. The number of fused-ring (bicyclic) bond motifs is 4. The number of benzene rings is 1. The van der Waals surface area contributed by atoms with Gasteiger partial charge in [-0.15, -0.1) is 11.3 Å². The number of carboxylic acids is 1. The number of hydrogen-bond acceptors (Lipinski definition) is 5. The molecule has 1 N–H and O–H groups in total. The Morgan fingerprint density at radius 2 is 2.13 bits per heavy atom. The number of ether oxygens (including phenoxy) is 1. The number of aromatic nitrogens is 3. The molecular formula is C24H25N3O3S. The Hall–Kier alpha value is -2.77. The molecule has 31 heavy (non-hydrogen) atoms. The molecule has 4 aromatic rings. The van der Waals surface area contributed by atoms with Crippen LogP contribution in [0.2, 0.25) is 0 Å². The molecule has 0 fully saturated rings. The van der Waals surface area contributed by atoms with Crippen LogP contribution in [0.15, 0.2) is 24.5 Å². The second kappa shape index (κ2) is 7.73. The Morgan fingerprint density at radius 1 is 1.32 bits per heavy atom. The molecule has 1 aromatic carbocycles. The molecule has 0 radical (unpaired) electrons. The Labute approximate surface area is 184 Å². The molecule has 0 aliphatic heterocycles. The summed E-state index contributed by atoms with van der Waals surface area (Å²) in [4.78, 5) is 24.0. The lowest BCUT2D eigenvalue weighted by Gasteiger charge is -2.21. The van der Waals surface area contributed by atoms with Gasteiger partial charge in [-0.1, -0.05) is 6.07 Å². The van der Waals surface area contributed by atoms with Crippen LogP contribution in [-0.2, 0) is 29.4 Å². The molecule has 0 saturated carbocycles. The van der Waals surface area contributed by atoms with E-state index in [1.807, 2.05) is 37.6 Å². The molecule has 160 valence electrons. The van der Waals surface area contributed by atoms with Crippen LogP contribution < -0.4 is 0 Å². The van der Waals surface area contributed by atoms with Crippen molar-refractivity contribution in [3.63, 3.8) is 0 Å². The van der Waals surface area contributed by atoms with E-state index in [2.05, 4.69) is 11.1 Å². The van der Waals surface area contributed by atoms with Crippen molar-refractivity contribution >= 4 is 38.6 Å². The van der Waals surface area contributed by atoms with Crippen LogP contribution in [0, 0.1) is 6.92 Å². The standard InChI is InChI=1S/C24H25N3O3S/c1-4-30-22(24(28)29)19-13(2)26-23-21(15-7-5-6-8-18(15)31-23)20(19)14-9-10-16-17(11-14)27(3)12-25-16/h9-12,22H,4-8H2,1-3H3,(H,28,29)/t22-/m0/s1. The number of nitrogens with zero attached hydrogens (tertiary/aromatic N) is 3. The SMILES string of the molecule is CCO[C@H](C(=O)O)c1c(C)nc2sc3c(c2c1-c1ccc2ncn(C)c2c1)CCCC3. The molecular weight excluding hydrogens is 410 g/mol. The number of imidazole rings is 1. The van der Waals surface area contributed by atoms with Crippen molar-refractivity contribution in [1.82, 2.24) is 14.5 Å². The maximum Gasteiger partial charge on any atom is 0.337 e. The van der Waals surface area contributed by atoms with Crippen molar-refractivity contribution < 1.29 is 14.6 Å². The van der Waals surface area contributed by atoms with Crippen molar-refractivity contribution in [3.8, 4) is 11.1 Å². The highest BCUT2D eigenvalue weighted by Crippen LogP contribution is 2.45. The largest absolute Gasteiger partial charge is 0.479 e. The van der Waals surface area contributed by atoms with Gasteiger partial charge in [-0.2, -0.15) is 0 Å². The molecule has 6 nitrogen and oxygen atoms in total. The Kier molecular flexibility index (Phi) is 5.02. The van der Waals surface area contributed by atoms with Crippen LogP contribution in [-0.4, -0.2) is 32.2 Å². The zero-order valence-corrected chi connectivity index (χ0v) is 18.8. The smallest absolute Gasteiger partial charge is 0.337 e. The number of hydrogen-bond donors (Lipinski definition) is 1. The van der Waals surface area contributed by atoms with E-state index in [-0.39, 0.29) is 0 Å². The van der Waals surface area contributed by atoms with Gasteiger partial charge in [-0.3, -0.25) is 0 Å². The second-order valence-electron chi connectivity index (χ2n) is 8.11. The summed E-state index contributed by atoms with van der Waals surface area (Å²) in [5, 5.41) is 11.1. The normalized spacial score (nSPS) is 14.8. The molecule has 7 heteroatoms. The molecule has 1 aliphatic rings. The third-order valence-corrected chi connectivity index (χ3v) is 7.35. The average Bonchev–Trinajstić information content (AvgIpc) is 3.31. The van der Waals surface area contributed by atoms with Crippen molar-refractivity contribution in [3.05, 3.63) is 46.2 Å². The highest BCUT2D eigenvalue weighted by atomic mass is 32.1. The molecule has 0 unspecified atom stereocenters. The first-order valence-electron chi connectivity index (χ1n) is 10.7. The molecule has 0 saturated heterocycles. The minimum absolute atomic E-state index is 0.316. The van der Waals surface area contributed by atoms with Gasteiger partial charge in [0.1, 0.15) is 4.83 Å². The number of carbonyl (C=O) groups is 1. The average molecular weight is 436 g/mol. The monoisotopic (exact) mass is 435 g/mol. The maximum atomic E-state index is 12.2. The lowest BCUT2D eigenvalue weighted by molar-refractivity contribution is -0.150. The number of pyridine rings is 1. The predicted molar refractivity (Wildman–Crippen MR) is 123 cm³/mol. The van der Waals surface area contributed by atoms with E-state index < -0.39 is 12.1 Å². The fourth-order valence-corrected chi connectivity index (χ4v) is 6.08. The van der Waals surface area contributed by atoms with E-state index in [9.17, 15) is 9.90 Å². The van der Waals surface area contributed by atoms with E-state index in [0.29, 0.717) is 17.9 Å². The van der Waals surface area contributed by atoms with Crippen molar-refractivity contribution in [1.29, 1.82) is 0 Å². The summed E-state index contributed by atoms with van der Waals surface area (Å²) in [6.45, 7) is 4.04. The summed E-state index contributed by atoms with van der Waals surface area (Å²) >= 11 is 1.76. The maximum absolute atomic E-state index is 12.2. The third-order valence-electron chi connectivity index (χ3n) is 6.17. The van der Waals surface area contributed by atoms with Gasteiger partial charge in [0, 0.05) is 40.7 Å². The first kappa shape index (κ1) is 20.2. The molecule has 1 atom stereocenters. The number of rotatable bonds is 5. The predicted octanol–water partition coefficient (Wildman–Crippen LogP) is 5.20. The summed E-state index contributed by atoms with van der Waals surface area (Å²) in [5.41, 5.74) is 6.58. The summed E-state index contributed by atoms with van der Waals surface area (Å²) < 4.78 is 7.73. The van der Waals surface area contributed by atoms with Gasteiger partial charge in [0.15, 0.2) is 6.10 Å². The zero-order valence-electron chi connectivity index (χ0n) is 17.9. The molecule has 5 rings (SSSR count). The summed E-state index contributed by atoms with van der Waals surface area (Å²) in [6.07, 6.45) is 5.16. The zero-order chi connectivity index (χ0) is 21.7. The van der Waals surface area contributed by atoms with Crippen LogP contribution in [0.4, 0.5) is 0 Å². The van der Waals surface area contributed by atoms with Crippen LogP contribution >= 0.6 is 11.3 Å². The summed E-state index contributed by atoms with van der Waals surface area (Å²) in [7, 11) is 1.97. The Bertz CT molecular complexity index is 1320. The Balaban J connectivity index is 1.90. The van der Waals surface area contributed by atoms with Gasteiger partial charge in [-0.05, 0) is 62.8 Å². The van der Waals surface area contributed by atoms with E-state index in [0.717, 1.165) is 51.6 Å². The van der Waals surface area contributed by atoms with E-state index in [4.69, 9.17) is 9.72 Å². The van der Waals surface area contributed by atoms with Crippen molar-refractivity contribution in [2.45, 2.75) is 45.6 Å². The first-order chi connectivity index (χ1) is 15.0. The number of aryl methyl sites for hydroxylation is 4. The van der Waals surface area contributed by atoms with Gasteiger partial charge in [0.25, 0.3) is 0 Å². The fraction of sp³-hybridized carbons (Fsp3) is 0.375. The quantitative estimate of drug-likeness (QED) is 0.466. The van der Waals surface area contributed by atoms with E-state index >= 15 is 0 Å². The lowest BCUT2D eigenvalue weighted by Crippen LogP contribution is -2.18. The summed E-state index contributed by atoms with van der Waals surface area (Å²) in [5.74, 6) is -0.988. The van der Waals surface area contributed by atoms with Crippen LogP contribution in [0.1, 0.15) is 47.6 Å². The van der Waals surface area contributed by atoms with Gasteiger partial charge < -0.3 is 14.4 Å². The summed E-state index contributed by atoms with van der Waals surface area (Å²) in [6, 6.07) is 6.16. The minimum atomic E-state index is -1.06. The number of aliphatic carboxylic acids is 1. The topological polar surface area (TPSA) is 77.2 Å². The fourth-order valence-electron chi connectivity index (χ4n) is 4.76. The van der Waals surface area contributed by atoms with E-state index in [1.54, 1.807) is 17.7 Å². The molecule has 3 aromatic heterocycles. The highest BCUT2D eigenvalue weighted by molar-refractivity contribution is 7.19. The highest BCUT2D eigenvalue weighted by Gasteiger charge is 2.31. The minimum Gasteiger partial charge on any atom is -0.479 e. The van der Waals surface area contributed by atoms with Crippen LogP contribution in [0.3, 0.4) is 0 Å². The van der Waals surface area contributed by atoms with Gasteiger partial charge in [0.2, 0.25) is 0 Å². The van der Waals surface area contributed by atoms with Gasteiger partial charge in [-0.25, -0.2) is 14.8 Å². The van der Waals surface area contributed by atoms with Crippen molar-refractivity contribution in [2.24, 2.45) is 7.05 Å². The van der Waals surface area contributed by atoms with Crippen LogP contribution in [0.25, 0.3) is 32.4 Å². The molecule has 1 aliphatic carbocycles. The third kappa shape index (κ3) is 3.23. The van der Waals surface area contributed by atoms with Crippen molar-refractivity contribution in [2.75, 3.05) is 6.61 Å². The van der Waals surface area contributed by atoms with Gasteiger partial charge >= 0.3 is 5.97 Å². The van der Waals surface area contributed by atoms with E-state index in [1.165, 1.54) is 16.9 Å². The second-order valence-corrected chi connectivity index (χ2v) is 9.19. The molecule has 0 bridgehead atoms. The number of carboxylic acid groups (broad SMARTS) is 1. The van der Waals surface area contributed by atoms with Gasteiger partial charge in [0.05, 0.1) is 17.4 Å². The van der Waals surface area contributed by atoms with Crippen LogP contribution in [0.5, 0.6) is 0 Å². The molecule has 0 amide bonds. The lowest BCUT2D eigenvalue weighted by atomic mass is 9.88. The number of thiophene rings is 1. The first-order valence-corrected chi connectivity index (χ1v) is 11.5.